The molecule has 0 amide bonds. The Morgan fingerprint density at radius 1 is 1.36 bits per heavy atom. The third kappa shape index (κ3) is 1.93. The molecule has 1 spiro atoms. The van der Waals surface area contributed by atoms with Gasteiger partial charge in [0, 0.05) is 22.9 Å². The average Bonchev–Trinajstić information content (AvgIpc) is 2.88. The summed E-state index contributed by atoms with van der Waals surface area (Å²) in [7, 11) is -2.54. The Bertz CT molecular complexity index is 897. The maximum absolute atomic E-state index is 11.2. The first-order chi connectivity index (χ1) is 11.8. The van der Waals surface area contributed by atoms with Gasteiger partial charge in [-0.15, -0.1) is 0 Å². The molecule has 1 aromatic carbocycles. The lowest BCUT2D eigenvalue weighted by atomic mass is 9.53. The van der Waals surface area contributed by atoms with Gasteiger partial charge in [0.05, 0.1) is 0 Å². The van der Waals surface area contributed by atoms with E-state index >= 15 is 0 Å². The Balaban J connectivity index is 1.76. The van der Waals surface area contributed by atoms with Crippen LogP contribution in [-0.4, -0.2) is 54.8 Å². The third-order valence-electron chi connectivity index (χ3n) is 6.33. The van der Waals surface area contributed by atoms with Gasteiger partial charge in [0.15, 0.2) is 11.5 Å². The molecule has 0 unspecified atom stereocenters. The minimum Gasteiger partial charge on any atom is -0.482 e. The molecule has 2 bridgehead atoms. The van der Waals surface area contributed by atoms with Crippen molar-refractivity contribution < 1.29 is 27.0 Å². The molecule has 1 fully saturated rings. The highest BCUT2D eigenvalue weighted by Crippen LogP contribution is 2.62. The first kappa shape index (κ1) is 15.6. The van der Waals surface area contributed by atoms with Gasteiger partial charge in [-0.05, 0) is 38.1 Å². The lowest BCUT2D eigenvalue weighted by Gasteiger charge is -2.56. The van der Waals surface area contributed by atoms with E-state index in [9.17, 15) is 13.5 Å². The van der Waals surface area contributed by atoms with E-state index in [1.165, 1.54) is 6.07 Å². The second-order valence-electron chi connectivity index (χ2n) is 7.42. The molecule has 2 aliphatic heterocycles. The zero-order valence-corrected chi connectivity index (χ0v) is 14.4. The van der Waals surface area contributed by atoms with Crippen molar-refractivity contribution in [1.82, 2.24) is 4.90 Å². The predicted molar refractivity (Wildman–Crippen MR) is 88.1 cm³/mol. The van der Waals surface area contributed by atoms with Gasteiger partial charge in [0.1, 0.15) is 12.2 Å². The molecule has 0 aromatic heterocycles. The van der Waals surface area contributed by atoms with Crippen LogP contribution in [0.15, 0.2) is 24.3 Å². The van der Waals surface area contributed by atoms with E-state index in [0.717, 1.165) is 30.5 Å². The summed E-state index contributed by atoms with van der Waals surface area (Å²) in [5, 5.41) is 10.5. The van der Waals surface area contributed by atoms with Gasteiger partial charge in [-0.25, -0.2) is 0 Å². The quantitative estimate of drug-likeness (QED) is 0.587. The molecule has 1 saturated heterocycles. The molecule has 8 heteroatoms. The van der Waals surface area contributed by atoms with Crippen LogP contribution in [0.3, 0.4) is 0 Å². The molecule has 25 heavy (non-hydrogen) atoms. The van der Waals surface area contributed by atoms with E-state index in [1.54, 1.807) is 6.08 Å². The van der Waals surface area contributed by atoms with Crippen molar-refractivity contribution in [1.29, 1.82) is 0 Å². The maximum Gasteiger partial charge on any atom is 0.446 e. The number of rotatable bonds is 2. The van der Waals surface area contributed by atoms with Gasteiger partial charge in [0.2, 0.25) is 0 Å². The van der Waals surface area contributed by atoms with Gasteiger partial charge in [-0.1, -0.05) is 18.2 Å². The van der Waals surface area contributed by atoms with Crippen LogP contribution in [0, 0.1) is 5.92 Å². The number of aliphatic hydroxyl groups is 1. The molecule has 1 aromatic rings. The predicted octanol–water partition coefficient (Wildman–Crippen LogP) is 0.674. The van der Waals surface area contributed by atoms with Crippen molar-refractivity contribution in [3.8, 4) is 11.5 Å². The fourth-order valence-electron chi connectivity index (χ4n) is 5.41. The number of aliphatic hydroxyl groups excluding tert-OH is 1. The Morgan fingerprint density at radius 3 is 2.92 bits per heavy atom. The topological polar surface area (TPSA) is 96.3 Å². The number of benzene rings is 1. The highest BCUT2D eigenvalue weighted by atomic mass is 32.3. The molecular weight excluding hydrogens is 346 g/mol. The minimum atomic E-state index is -4.65. The van der Waals surface area contributed by atoms with Gasteiger partial charge in [-0.2, -0.15) is 8.42 Å². The first-order valence-corrected chi connectivity index (χ1v) is 9.74. The molecule has 2 aliphatic carbocycles. The smallest absolute Gasteiger partial charge is 0.446 e. The van der Waals surface area contributed by atoms with Gasteiger partial charge < -0.3 is 18.9 Å². The van der Waals surface area contributed by atoms with Crippen molar-refractivity contribution in [2.75, 3.05) is 13.6 Å². The highest BCUT2D eigenvalue weighted by molar-refractivity contribution is 7.81. The monoisotopic (exact) mass is 365 g/mol. The van der Waals surface area contributed by atoms with Crippen molar-refractivity contribution in [3.63, 3.8) is 0 Å². The standard InChI is InChI=1S/C17H19NO6S/c1-18-7-6-17-10-3-4-12(19)16(17)23-15-13(24-25(20,21)22)5-2-9(14(15)17)8-11(10)18/h2-5,10-12,16,19H,6-8H2,1H3,(H,20,21,22)/t10-,11-,12-,16-,17-/m0/s1. The van der Waals surface area contributed by atoms with E-state index in [-0.39, 0.29) is 17.1 Å². The summed E-state index contributed by atoms with van der Waals surface area (Å²) in [5.74, 6) is 0.513. The normalized spacial score (nSPS) is 38.2. The van der Waals surface area contributed by atoms with Gasteiger partial charge in [0.25, 0.3) is 0 Å². The van der Waals surface area contributed by atoms with Crippen molar-refractivity contribution >= 4 is 10.4 Å². The van der Waals surface area contributed by atoms with Crippen LogP contribution in [0.2, 0.25) is 0 Å². The molecule has 2 heterocycles. The molecule has 2 N–H and O–H groups in total. The van der Waals surface area contributed by atoms with E-state index in [0.29, 0.717) is 11.8 Å². The number of likely N-dealkylation sites (N-methyl/N-ethyl adjacent to an activating group) is 1. The molecule has 5 atom stereocenters. The molecule has 0 saturated carbocycles. The molecule has 0 radical (unpaired) electrons. The van der Waals surface area contributed by atoms with Crippen LogP contribution in [-0.2, 0) is 22.2 Å². The number of ether oxygens (including phenoxy) is 1. The van der Waals surface area contributed by atoms with Gasteiger partial charge in [-0.3, -0.25) is 4.55 Å². The summed E-state index contributed by atoms with van der Waals surface area (Å²) in [6.07, 6.45) is 4.26. The number of nitrogens with zero attached hydrogens (tertiary/aromatic N) is 1. The van der Waals surface area contributed by atoms with E-state index in [4.69, 9.17) is 13.5 Å². The highest BCUT2D eigenvalue weighted by Gasteiger charge is 2.64. The second kappa shape index (κ2) is 4.76. The Hall–Kier alpha value is -1.61. The minimum absolute atomic E-state index is 0.0200. The van der Waals surface area contributed by atoms with Crippen LogP contribution >= 0.6 is 0 Å². The second-order valence-corrected chi connectivity index (χ2v) is 8.44. The van der Waals surface area contributed by atoms with E-state index in [2.05, 4.69) is 18.0 Å². The van der Waals surface area contributed by atoms with E-state index in [1.807, 2.05) is 6.07 Å². The fraction of sp³-hybridized carbons (Fsp3) is 0.529. The Morgan fingerprint density at radius 2 is 2.16 bits per heavy atom. The SMILES string of the molecule is CN1CC[C@]23c4c5ccc(OS(=O)(=O)O)c4O[C@H]2[C@@H](O)C=C[C@H]3[C@@H]1C5. The molecule has 5 rings (SSSR count). The van der Waals surface area contributed by atoms with Crippen LogP contribution in [0.25, 0.3) is 0 Å². The summed E-state index contributed by atoms with van der Waals surface area (Å²) in [6, 6.07) is 3.68. The number of piperidine rings is 1. The van der Waals surface area contributed by atoms with Crippen molar-refractivity contribution in [2.45, 2.75) is 36.5 Å². The van der Waals surface area contributed by atoms with Crippen LogP contribution in [0.4, 0.5) is 0 Å². The summed E-state index contributed by atoms with van der Waals surface area (Å²) < 4.78 is 42.3. The zero-order valence-electron chi connectivity index (χ0n) is 13.6. The molecule has 7 nitrogen and oxygen atoms in total. The molecule has 4 aliphatic rings. The van der Waals surface area contributed by atoms with E-state index < -0.39 is 22.6 Å². The largest absolute Gasteiger partial charge is 0.482 e. The first-order valence-electron chi connectivity index (χ1n) is 8.38. The lowest BCUT2D eigenvalue weighted by molar-refractivity contribution is -0.0452. The average molecular weight is 365 g/mol. The number of hydrogen-bond acceptors (Lipinski definition) is 6. The fourth-order valence-corrected chi connectivity index (χ4v) is 5.77. The summed E-state index contributed by atoms with van der Waals surface area (Å²) >= 11 is 0. The third-order valence-corrected chi connectivity index (χ3v) is 6.72. The summed E-state index contributed by atoms with van der Waals surface area (Å²) in [4.78, 5) is 2.35. The summed E-state index contributed by atoms with van der Waals surface area (Å²) in [6.45, 7) is 0.879. The Kier molecular flexibility index (Phi) is 2.98. The lowest BCUT2D eigenvalue weighted by Crippen LogP contribution is -2.64. The Labute approximate surface area is 145 Å². The van der Waals surface area contributed by atoms with Crippen LogP contribution in [0.5, 0.6) is 11.5 Å². The zero-order chi connectivity index (χ0) is 17.6. The molecular formula is C17H19NO6S. The van der Waals surface area contributed by atoms with Gasteiger partial charge >= 0.3 is 10.4 Å². The van der Waals surface area contributed by atoms with Crippen LogP contribution < -0.4 is 8.92 Å². The van der Waals surface area contributed by atoms with Crippen molar-refractivity contribution in [3.05, 3.63) is 35.4 Å². The number of likely N-dealkylation sites (tertiary alicyclic amines) is 1. The summed E-state index contributed by atoms with van der Waals surface area (Å²) in [5.41, 5.74) is 1.65. The number of hydrogen-bond donors (Lipinski definition) is 2. The molecule has 134 valence electrons. The van der Waals surface area contributed by atoms with Crippen molar-refractivity contribution in [2.24, 2.45) is 5.92 Å². The maximum atomic E-state index is 11.2. The van der Waals surface area contributed by atoms with Crippen LogP contribution in [0.1, 0.15) is 17.5 Å².